The SMILES string of the molecule is N#C/C(=C\c1ccc(C2=CCC(c3ccc(N(c4ccccc4)c4ccc(N(c5ccccc5)c5ccc(C6CC=C(c7ccc(/C=C(\C#N)C(=O)O)s7)S6)cc5)cc4)cc3)S2)s1)C(=O)O. The van der Waals surface area contributed by atoms with E-state index in [0.717, 1.165) is 76.3 Å². The second kappa shape index (κ2) is 19.8. The van der Waals surface area contributed by atoms with Gasteiger partial charge in [-0.15, -0.1) is 46.2 Å². The average molecular weight is 935 g/mol. The third kappa shape index (κ3) is 9.69. The Morgan fingerprint density at radius 3 is 1.15 bits per heavy atom. The predicted molar refractivity (Wildman–Crippen MR) is 273 cm³/mol. The highest BCUT2D eigenvalue weighted by Crippen LogP contribution is 2.52. The minimum Gasteiger partial charge on any atom is -0.477 e. The van der Waals surface area contributed by atoms with Crippen LogP contribution in [0.4, 0.5) is 34.1 Å². The molecule has 5 aromatic carbocycles. The van der Waals surface area contributed by atoms with Crippen molar-refractivity contribution in [1.29, 1.82) is 10.5 Å². The Kier molecular flexibility index (Phi) is 13.2. The van der Waals surface area contributed by atoms with Crippen LogP contribution in [0.5, 0.6) is 0 Å². The molecule has 2 aliphatic heterocycles. The van der Waals surface area contributed by atoms with E-state index in [1.165, 1.54) is 46.0 Å². The predicted octanol–water partition coefficient (Wildman–Crippen LogP) is 15.2. The molecule has 2 aliphatic rings. The van der Waals surface area contributed by atoms with E-state index < -0.39 is 11.9 Å². The van der Waals surface area contributed by atoms with Crippen molar-refractivity contribution in [2.45, 2.75) is 23.3 Å². The van der Waals surface area contributed by atoms with Crippen molar-refractivity contribution in [1.82, 2.24) is 0 Å². The summed E-state index contributed by atoms with van der Waals surface area (Å²) < 4.78 is 0. The van der Waals surface area contributed by atoms with Crippen LogP contribution in [0.3, 0.4) is 0 Å². The van der Waals surface area contributed by atoms with Gasteiger partial charge in [0.25, 0.3) is 0 Å². The second-order valence-electron chi connectivity index (χ2n) is 15.2. The van der Waals surface area contributed by atoms with Crippen molar-refractivity contribution in [3.63, 3.8) is 0 Å². The van der Waals surface area contributed by atoms with Gasteiger partial charge in [-0.3, -0.25) is 0 Å². The van der Waals surface area contributed by atoms with Gasteiger partial charge >= 0.3 is 11.9 Å². The van der Waals surface area contributed by atoms with Crippen molar-refractivity contribution >= 4 is 114 Å². The number of benzene rings is 5. The number of anilines is 6. The Bertz CT molecular complexity index is 2910. The summed E-state index contributed by atoms with van der Waals surface area (Å²) in [5.74, 6) is -2.45. The summed E-state index contributed by atoms with van der Waals surface area (Å²) in [6.07, 6.45) is 9.08. The van der Waals surface area contributed by atoms with E-state index in [1.54, 1.807) is 35.7 Å². The number of allylic oxidation sites excluding steroid dienone is 2. The lowest BCUT2D eigenvalue weighted by atomic mass is 10.1. The van der Waals surface area contributed by atoms with Crippen molar-refractivity contribution in [3.05, 3.63) is 212 Å². The van der Waals surface area contributed by atoms with Gasteiger partial charge in [-0.2, -0.15) is 10.5 Å². The number of para-hydroxylation sites is 2. The molecule has 0 amide bonds. The topological polar surface area (TPSA) is 129 Å². The molecule has 0 radical (unpaired) electrons. The van der Waals surface area contributed by atoms with Gasteiger partial charge < -0.3 is 20.0 Å². The first-order valence-corrected chi connectivity index (χ1v) is 24.3. The summed E-state index contributed by atoms with van der Waals surface area (Å²) in [4.78, 5) is 33.1. The molecule has 7 aromatic rings. The smallest absolute Gasteiger partial charge is 0.346 e. The van der Waals surface area contributed by atoms with Crippen LogP contribution in [-0.2, 0) is 9.59 Å². The number of carboxylic acids is 2. The Morgan fingerprint density at radius 2 is 0.818 bits per heavy atom. The van der Waals surface area contributed by atoms with Gasteiger partial charge in [-0.25, -0.2) is 9.59 Å². The lowest BCUT2D eigenvalue weighted by molar-refractivity contribution is -0.133. The quantitative estimate of drug-likeness (QED) is 0.0803. The lowest BCUT2D eigenvalue weighted by Crippen LogP contribution is -2.12. The van der Waals surface area contributed by atoms with Gasteiger partial charge in [0.05, 0.1) is 0 Å². The van der Waals surface area contributed by atoms with Gasteiger partial charge in [-0.05, 0) is 133 Å². The van der Waals surface area contributed by atoms with Gasteiger partial charge in [0, 0.05) is 73.9 Å². The number of rotatable bonds is 14. The molecule has 12 heteroatoms. The fourth-order valence-electron chi connectivity index (χ4n) is 7.82. The number of thiophene rings is 2. The van der Waals surface area contributed by atoms with E-state index in [4.69, 9.17) is 0 Å². The second-order valence-corrected chi connectivity index (χ2v) is 19.9. The number of hydrogen-bond donors (Lipinski definition) is 2. The Balaban J connectivity index is 0.918. The molecule has 0 spiro atoms. The summed E-state index contributed by atoms with van der Waals surface area (Å²) in [5, 5.41) is 37.4. The largest absolute Gasteiger partial charge is 0.477 e. The first-order chi connectivity index (χ1) is 32.2. The molecule has 8 nitrogen and oxygen atoms in total. The molecular formula is C54H38N4O4S4. The summed E-state index contributed by atoms with van der Waals surface area (Å²) in [5.41, 5.74) is 8.10. The van der Waals surface area contributed by atoms with E-state index in [2.05, 4.69) is 143 Å². The first-order valence-electron chi connectivity index (χ1n) is 20.9. The third-order valence-corrected chi connectivity index (χ3v) is 16.2. The molecule has 2 unspecified atom stereocenters. The highest BCUT2D eigenvalue weighted by atomic mass is 32.2. The van der Waals surface area contributed by atoms with Crippen LogP contribution in [0.2, 0.25) is 0 Å². The molecule has 4 heterocycles. The molecule has 0 saturated carbocycles. The summed E-state index contributed by atoms with van der Waals surface area (Å²) in [6, 6.07) is 58.2. The number of hydrogen-bond acceptors (Lipinski definition) is 10. The summed E-state index contributed by atoms with van der Waals surface area (Å²) in [7, 11) is 0. The van der Waals surface area contributed by atoms with E-state index in [9.17, 15) is 30.3 Å². The van der Waals surface area contributed by atoms with Gasteiger partial charge in [-0.1, -0.05) is 72.8 Å². The zero-order valence-electron chi connectivity index (χ0n) is 35.0. The summed E-state index contributed by atoms with van der Waals surface area (Å²) >= 11 is 6.58. The standard InChI is InChI=1S/C54H38N4O4S4/c55-33-37(53(59)60)31-45-23-25-49(63-45)51-29-27-47(65-51)35-11-15-41(16-12-35)57(39-7-3-1-4-8-39)43-19-21-44(22-20-43)58(40-9-5-2-6-10-40)42-17-13-36(14-18-42)48-28-30-52(66-48)50-26-24-46(64-50)32-38(34-56)54(61)62/h1-26,29-32,47-48H,27-28H2,(H,59,60)(H,61,62)/b37-31+,38-32+. The minimum absolute atomic E-state index is 0.244. The van der Waals surface area contributed by atoms with Crippen LogP contribution in [0, 0.1) is 22.7 Å². The van der Waals surface area contributed by atoms with Crippen LogP contribution in [0.1, 0.15) is 54.0 Å². The molecule has 66 heavy (non-hydrogen) atoms. The van der Waals surface area contributed by atoms with Crippen molar-refractivity contribution < 1.29 is 19.8 Å². The number of carbonyl (C=O) groups is 2. The molecule has 2 aromatic heterocycles. The summed E-state index contributed by atoms with van der Waals surface area (Å²) in [6.45, 7) is 0. The molecule has 0 aliphatic carbocycles. The molecule has 0 fully saturated rings. The zero-order valence-corrected chi connectivity index (χ0v) is 38.3. The minimum atomic E-state index is -1.23. The van der Waals surface area contributed by atoms with Crippen LogP contribution >= 0.6 is 46.2 Å². The molecule has 0 bridgehead atoms. The van der Waals surface area contributed by atoms with Crippen LogP contribution in [0.25, 0.3) is 22.0 Å². The van der Waals surface area contributed by atoms with Gasteiger partial charge in [0.1, 0.15) is 23.3 Å². The fourth-order valence-corrected chi connectivity index (χ4v) is 12.5. The molecule has 322 valence electrons. The van der Waals surface area contributed by atoms with Gasteiger partial charge in [0.2, 0.25) is 0 Å². The number of carboxylic acid groups (broad SMARTS) is 2. The van der Waals surface area contributed by atoms with E-state index >= 15 is 0 Å². The van der Waals surface area contributed by atoms with E-state index in [1.807, 2.05) is 36.4 Å². The van der Waals surface area contributed by atoms with Crippen molar-refractivity contribution in [2.75, 3.05) is 9.80 Å². The monoisotopic (exact) mass is 934 g/mol. The highest BCUT2D eigenvalue weighted by molar-refractivity contribution is 8.09. The Labute approximate surface area is 399 Å². The van der Waals surface area contributed by atoms with Crippen molar-refractivity contribution in [2.24, 2.45) is 0 Å². The lowest BCUT2D eigenvalue weighted by Gasteiger charge is -2.28. The van der Waals surface area contributed by atoms with E-state index in [0.29, 0.717) is 0 Å². The van der Waals surface area contributed by atoms with Crippen LogP contribution < -0.4 is 9.80 Å². The first kappa shape index (κ1) is 43.9. The number of aliphatic carboxylic acids is 2. The maximum Gasteiger partial charge on any atom is 0.346 e. The molecule has 2 atom stereocenters. The molecular weight excluding hydrogens is 897 g/mol. The van der Waals surface area contributed by atoms with Crippen LogP contribution in [-0.4, -0.2) is 22.2 Å². The Morgan fingerprint density at radius 1 is 0.485 bits per heavy atom. The van der Waals surface area contributed by atoms with Crippen LogP contribution in [0.15, 0.2) is 181 Å². The fraction of sp³-hybridized carbons (Fsp3) is 0.0741. The molecule has 2 N–H and O–H groups in total. The molecule has 9 rings (SSSR count). The highest BCUT2D eigenvalue weighted by Gasteiger charge is 2.25. The van der Waals surface area contributed by atoms with Crippen molar-refractivity contribution in [3.8, 4) is 12.1 Å². The maximum absolute atomic E-state index is 11.3. The van der Waals surface area contributed by atoms with E-state index in [-0.39, 0.29) is 21.6 Å². The number of nitrogens with zero attached hydrogens (tertiary/aromatic N) is 4. The maximum atomic E-state index is 11.3. The Hall–Kier alpha value is -7.32. The number of thioether (sulfide) groups is 2. The zero-order chi connectivity index (χ0) is 45.6. The third-order valence-electron chi connectivity index (χ3n) is 11.0. The normalized spacial score (nSPS) is 15.9. The van der Waals surface area contributed by atoms with Gasteiger partial charge in [0.15, 0.2) is 0 Å². The average Bonchev–Trinajstić information content (AvgIpc) is 4.20. The molecule has 0 saturated heterocycles. The number of nitriles is 2.